The van der Waals surface area contributed by atoms with Crippen molar-refractivity contribution in [3.63, 3.8) is 0 Å². The first-order valence-corrected chi connectivity index (χ1v) is 6.83. The largest absolute Gasteiger partial charge is 0.350 e. The first-order chi connectivity index (χ1) is 9.70. The van der Waals surface area contributed by atoms with Gasteiger partial charge < -0.3 is 10.2 Å². The van der Waals surface area contributed by atoms with E-state index in [2.05, 4.69) is 10.3 Å². The molecule has 0 aliphatic carbocycles. The highest BCUT2D eigenvalue weighted by atomic mass is 16.2. The van der Waals surface area contributed by atoms with E-state index in [0.717, 1.165) is 12.8 Å². The molecule has 0 spiro atoms. The Morgan fingerprint density at radius 2 is 2.15 bits per heavy atom. The summed E-state index contributed by atoms with van der Waals surface area (Å²) >= 11 is 0. The number of aromatic nitrogens is 1. The molecule has 1 aromatic heterocycles. The van der Waals surface area contributed by atoms with Crippen LogP contribution in [0.15, 0.2) is 36.7 Å². The van der Waals surface area contributed by atoms with Crippen molar-refractivity contribution in [1.82, 2.24) is 15.2 Å². The zero-order valence-corrected chi connectivity index (χ0v) is 11.6. The fraction of sp³-hybridized carbons (Fsp3) is 0.400. The second kappa shape index (κ2) is 6.84. The van der Waals surface area contributed by atoms with Crippen molar-refractivity contribution in [2.45, 2.75) is 25.8 Å². The Morgan fingerprint density at radius 3 is 2.75 bits per heavy atom. The average Bonchev–Trinajstić information content (AvgIpc) is 2.48. The molecule has 0 atom stereocenters. The molecule has 1 aromatic rings. The molecule has 106 valence electrons. The Kier molecular flexibility index (Phi) is 4.87. The van der Waals surface area contributed by atoms with E-state index in [1.165, 1.54) is 6.08 Å². The zero-order valence-electron chi connectivity index (χ0n) is 11.6. The van der Waals surface area contributed by atoms with E-state index in [1.54, 1.807) is 30.6 Å². The van der Waals surface area contributed by atoms with E-state index in [0.29, 0.717) is 18.7 Å². The van der Waals surface area contributed by atoms with Crippen molar-refractivity contribution < 1.29 is 9.59 Å². The van der Waals surface area contributed by atoms with E-state index in [4.69, 9.17) is 0 Å². The van der Waals surface area contributed by atoms with Gasteiger partial charge in [0.2, 0.25) is 5.91 Å². The van der Waals surface area contributed by atoms with E-state index in [-0.39, 0.29) is 17.9 Å². The molecule has 2 heterocycles. The zero-order chi connectivity index (χ0) is 14.4. The van der Waals surface area contributed by atoms with Gasteiger partial charge in [-0.3, -0.25) is 14.6 Å². The van der Waals surface area contributed by atoms with Crippen LogP contribution in [0.2, 0.25) is 0 Å². The fourth-order valence-electron chi connectivity index (χ4n) is 2.30. The van der Waals surface area contributed by atoms with Crippen LogP contribution >= 0.6 is 0 Å². The molecule has 0 bridgehead atoms. The summed E-state index contributed by atoms with van der Waals surface area (Å²) in [6, 6.07) is 3.68. The fourth-order valence-corrected chi connectivity index (χ4v) is 2.30. The molecule has 0 unspecified atom stereocenters. The standard InChI is InChI=1S/C15H19N3O2/c1-2-4-14(19)17-13-6-9-18(10-7-13)15(20)12-5-3-8-16-11-12/h2-5,8,11,13H,6-7,9-10H2,1H3,(H,17,19)/b4-2+. The number of carbonyl (C=O) groups excluding carboxylic acids is 2. The van der Waals surface area contributed by atoms with Gasteiger partial charge in [-0.05, 0) is 38.0 Å². The third kappa shape index (κ3) is 3.66. The van der Waals surface area contributed by atoms with Crippen LogP contribution in [0.1, 0.15) is 30.1 Å². The lowest BCUT2D eigenvalue weighted by Gasteiger charge is -2.32. The number of nitrogens with zero attached hydrogens (tertiary/aromatic N) is 2. The molecule has 1 N–H and O–H groups in total. The lowest BCUT2D eigenvalue weighted by Crippen LogP contribution is -2.46. The molecular weight excluding hydrogens is 254 g/mol. The first-order valence-electron chi connectivity index (χ1n) is 6.83. The number of rotatable bonds is 3. The number of hydrogen-bond acceptors (Lipinski definition) is 3. The molecule has 0 aromatic carbocycles. The van der Waals surface area contributed by atoms with Crippen molar-refractivity contribution in [3.05, 3.63) is 42.2 Å². The van der Waals surface area contributed by atoms with Crippen LogP contribution in [0.5, 0.6) is 0 Å². The molecule has 0 radical (unpaired) electrons. The normalized spacial score (nSPS) is 16.4. The van der Waals surface area contributed by atoms with Crippen LogP contribution < -0.4 is 5.32 Å². The van der Waals surface area contributed by atoms with Gasteiger partial charge in [0.05, 0.1) is 5.56 Å². The maximum Gasteiger partial charge on any atom is 0.255 e. The van der Waals surface area contributed by atoms with Crippen molar-refractivity contribution in [3.8, 4) is 0 Å². The second-order valence-corrected chi connectivity index (χ2v) is 4.82. The molecule has 2 rings (SSSR count). The van der Waals surface area contributed by atoms with Crippen LogP contribution in [-0.2, 0) is 4.79 Å². The number of piperidine rings is 1. The Labute approximate surface area is 118 Å². The topological polar surface area (TPSA) is 62.3 Å². The summed E-state index contributed by atoms with van der Waals surface area (Å²) in [5.74, 6) is -0.0548. The molecule has 1 aliphatic heterocycles. The van der Waals surface area contributed by atoms with Gasteiger partial charge in [0.1, 0.15) is 0 Å². The highest BCUT2D eigenvalue weighted by Crippen LogP contribution is 2.13. The molecular formula is C15H19N3O2. The van der Waals surface area contributed by atoms with Crippen LogP contribution in [0.3, 0.4) is 0 Å². The van der Waals surface area contributed by atoms with Gasteiger partial charge >= 0.3 is 0 Å². The van der Waals surface area contributed by atoms with E-state index in [9.17, 15) is 9.59 Å². The highest BCUT2D eigenvalue weighted by molar-refractivity contribution is 5.94. The lowest BCUT2D eigenvalue weighted by molar-refractivity contribution is -0.117. The summed E-state index contributed by atoms with van der Waals surface area (Å²) in [5.41, 5.74) is 0.615. The monoisotopic (exact) mass is 273 g/mol. The third-order valence-corrected chi connectivity index (χ3v) is 3.36. The minimum Gasteiger partial charge on any atom is -0.350 e. The second-order valence-electron chi connectivity index (χ2n) is 4.82. The van der Waals surface area contributed by atoms with Crippen molar-refractivity contribution in [2.75, 3.05) is 13.1 Å². The van der Waals surface area contributed by atoms with Gasteiger partial charge in [0.25, 0.3) is 5.91 Å². The smallest absolute Gasteiger partial charge is 0.255 e. The number of pyridine rings is 1. The quantitative estimate of drug-likeness (QED) is 0.846. The van der Waals surface area contributed by atoms with E-state index in [1.807, 2.05) is 11.8 Å². The number of likely N-dealkylation sites (tertiary alicyclic amines) is 1. The summed E-state index contributed by atoms with van der Waals surface area (Å²) in [5, 5.41) is 2.94. The lowest BCUT2D eigenvalue weighted by atomic mass is 10.0. The molecule has 20 heavy (non-hydrogen) atoms. The summed E-state index contributed by atoms with van der Waals surface area (Å²) in [6.45, 7) is 3.14. The van der Waals surface area contributed by atoms with Crippen molar-refractivity contribution >= 4 is 11.8 Å². The minimum absolute atomic E-state index is 0.0105. The van der Waals surface area contributed by atoms with Crippen molar-refractivity contribution in [2.24, 2.45) is 0 Å². The Hall–Kier alpha value is -2.17. The van der Waals surface area contributed by atoms with E-state index < -0.39 is 0 Å². The Morgan fingerprint density at radius 1 is 1.40 bits per heavy atom. The Balaban J connectivity index is 1.85. The summed E-state index contributed by atoms with van der Waals surface area (Å²) in [4.78, 5) is 29.5. The molecule has 1 aliphatic rings. The van der Waals surface area contributed by atoms with Crippen LogP contribution in [0.4, 0.5) is 0 Å². The molecule has 1 fully saturated rings. The number of nitrogens with one attached hydrogen (secondary N) is 1. The van der Waals surface area contributed by atoms with Gasteiger partial charge in [-0.1, -0.05) is 6.08 Å². The first kappa shape index (κ1) is 14.2. The van der Waals surface area contributed by atoms with Crippen LogP contribution in [0, 0.1) is 0 Å². The molecule has 5 heteroatoms. The predicted octanol–water partition coefficient (Wildman–Crippen LogP) is 1.38. The number of amides is 2. The van der Waals surface area contributed by atoms with Crippen molar-refractivity contribution in [1.29, 1.82) is 0 Å². The molecule has 1 saturated heterocycles. The van der Waals surface area contributed by atoms with Gasteiger partial charge in [-0.2, -0.15) is 0 Å². The minimum atomic E-state index is -0.0652. The molecule has 5 nitrogen and oxygen atoms in total. The molecule has 2 amide bonds. The van der Waals surface area contributed by atoms with Crippen LogP contribution in [-0.4, -0.2) is 40.8 Å². The summed E-state index contributed by atoms with van der Waals surface area (Å²) < 4.78 is 0. The third-order valence-electron chi connectivity index (χ3n) is 3.36. The molecule has 0 saturated carbocycles. The maximum absolute atomic E-state index is 12.2. The van der Waals surface area contributed by atoms with Gasteiger partial charge in [-0.15, -0.1) is 0 Å². The van der Waals surface area contributed by atoms with Gasteiger partial charge in [-0.25, -0.2) is 0 Å². The predicted molar refractivity (Wildman–Crippen MR) is 76.1 cm³/mol. The number of hydrogen-bond donors (Lipinski definition) is 1. The van der Waals surface area contributed by atoms with Gasteiger partial charge in [0.15, 0.2) is 0 Å². The van der Waals surface area contributed by atoms with Gasteiger partial charge in [0, 0.05) is 31.5 Å². The van der Waals surface area contributed by atoms with Crippen LogP contribution in [0.25, 0.3) is 0 Å². The summed E-state index contributed by atoms with van der Waals surface area (Å²) in [6.07, 6.45) is 8.05. The summed E-state index contributed by atoms with van der Waals surface area (Å²) in [7, 11) is 0. The highest BCUT2D eigenvalue weighted by Gasteiger charge is 2.24. The Bertz CT molecular complexity index is 491. The number of carbonyl (C=O) groups is 2. The SMILES string of the molecule is C/C=C/C(=O)NC1CCN(C(=O)c2cccnc2)CC1. The number of allylic oxidation sites excluding steroid dienone is 1. The van der Waals surface area contributed by atoms with E-state index >= 15 is 0 Å². The maximum atomic E-state index is 12.2. The average molecular weight is 273 g/mol.